The van der Waals surface area contributed by atoms with E-state index in [1.807, 2.05) is 69.9 Å². The number of imidazole rings is 1. The number of anilines is 1. The molecule has 0 N–H and O–H groups in total. The van der Waals surface area contributed by atoms with Crippen LogP contribution in [0.5, 0.6) is 0 Å². The van der Waals surface area contributed by atoms with Gasteiger partial charge in [-0.25, -0.2) is 4.98 Å². The number of pyridine rings is 1. The van der Waals surface area contributed by atoms with Crippen LogP contribution in [0.1, 0.15) is 34.7 Å². The minimum absolute atomic E-state index is 0.0258. The fourth-order valence-electron chi connectivity index (χ4n) is 4.96. The lowest BCUT2D eigenvalue weighted by Gasteiger charge is -2.37. The van der Waals surface area contributed by atoms with Crippen molar-refractivity contribution < 1.29 is 18.0 Å². The van der Waals surface area contributed by atoms with Gasteiger partial charge in [-0.15, -0.1) is 0 Å². The third-order valence-electron chi connectivity index (χ3n) is 6.92. The molecule has 186 valence electrons. The summed E-state index contributed by atoms with van der Waals surface area (Å²) in [6.45, 7) is 3.94. The van der Waals surface area contributed by atoms with E-state index in [4.69, 9.17) is 0 Å². The van der Waals surface area contributed by atoms with Crippen LogP contribution in [-0.2, 0) is 11.0 Å². The van der Waals surface area contributed by atoms with Crippen molar-refractivity contribution in [3.05, 3.63) is 102 Å². The predicted octanol–water partition coefficient (Wildman–Crippen LogP) is 5.53. The topological polar surface area (TPSA) is 40.9 Å². The maximum Gasteiger partial charge on any atom is 0.416 e. The van der Waals surface area contributed by atoms with Gasteiger partial charge in [0.25, 0.3) is 0 Å². The van der Waals surface area contributed by atoms with Crippen molar-refractivity contribution in [2.24, 2.45) is 0 Å². The molecule has 0 bridgehead atoms. The SMILES string of the molecule is Cc1ccccc1C(CC(=O)N1CCN(c2cccc(C(F)(F)F)c2)CC1)c1cnc2ccccn12. The van der Waals surface area contributed by atoms with Gasteiger partial charge in [0.05, 0.1) is 11.3 Å². The molecular weight excluding hydrogens is 465 g/mol. The Morgan fingerprint density at radius 3 is 2.47 bits per heavy atom. The third-order valence-corrected chi connectivity index (χ3v) is 6.92. The van der Waals surface area contributed by atoms with Gasteiger partial charge >= 0.3 is 6.18 Å². The normalized spacial score (nSPS) is 15.3. The molecule has 5 nitrogen and oxygen atoms in total. The zero-order chi connectivity index (χ0) is 25.3. The molecule has 0 aliphatic carbocycles. The number of alkyl halides is 3. The van der Waals surface area contributed by atoms with Crippen LogP contribution in [0.3, 0.4) is 0 Å². The van der Waals surface area contributed by atoms with Crippen molar-refractivity contribution in [3.8, 4) is 0 Å². The summed E-state index contributed by atoms with van der Waals surface area (Å²) in [7, 11) is 0. The number of halogens is 3. The molecule has 1 aliphatic rings. The molecule has 1 amide bonds. The quantitative estimate of drug-likeness (QED) is 0.368. The van der Waals surface area contributed by atoms with Crippen molar-refractivity contribution in [1.29, 1.82) is 0 Å². The van der Waals surface area contributed by atoms with Gasteiger partial charge in [0.1, 0.15) is 5.65 Å². The summed E-state index contributed by atoms with van der Waals surface area (Å²) in [5, 5.41) is 0. The van der Waals surface area contributed by atoms with Gasteiger partial charge < -0.3 is 14.2 Å². The Morgan fingerprint density at radius 1 is 0.972 bits per heavy atom. The van der Waals surface area contributed by atoms with E-state index in [0.29, 0.717) is 31.9 Å². The Bertz CT molecular complexity index is 1370. The van der Waals surface area contributed by atoms with E-state index in [0.717, 1.165) is 28.5 Å². The summed E-state index contributed by atoms with van der Waals surface area (Å²) in [5.74, 6) is -0.143. The third kappa shape index (κ3) is 4.80. The van der Waals surface area contributed by atoms with Crippen LogP contribution in [0.25, 0.3) is 5.65 Å². The predicted molar refractivity (Wildman–Crippen MR) is 133 cm³/mol. The molecule has 8 heteroatoms. The fraction of sp³-hybridized carbons (Fsp3) is 0.286. The van der Waals surface area contributed by atoms with Gasteiger partial charge in [-0.1, -0.05) is 36.4 Å². The number of amides is 1. The summed E-state index contributed by atoms with van der Waals surface area (Å²) in [5.41, 5.74) is 3.84. The molecule has 36 heavy (non-hydrogen) atoms. The molecule has 1 atom stereocenters. The first-order valence-corrected chi connectivity index (χ1v) is 12.0. The molecule has 0 spiro atoms. The summed E-state index contributed by atoms with van der Waals surface area (Å²) in [6, 6.07) is 19.3. The second-order valence-electron chi connectivity index (χ2n) is 9.14. The highest BCUT2D eigenvalue weighted by atomic mass is 19.4. The van der Waals surface area contributed by atoms with E-state index in [9.17, 15) is 18.0 Å². The molecule has 2 aromatic carbocycles. The molecule has 0 saturated carbocycles. The van der Waals surface area contributed by atoms with Crippen LogP contribution >= 0.6 is 0 Å². The molecule has 1 fully saturated rings. The number of piperazine rings is 1. The first kappa shape index (κ1) is 23.9. The van der Waals surface area contributed by atoms with Crippen molar-refractivity contribution in [3.63, 3.8) is 0 Å². The number of carbonyl (C=O) groups excluding carboxylic acids is 1. The van der Waals surface area contributed by atoms with E-state index in [-0.39, 0.29) is 18.2 Å². The molecular formula is C28H27F3N4O. The van der Waals surface area contributed by atoms with E-state index in [2.05, 4.69) is 11.1 Å². The number of carbonyl (C=O) groups is 1. The van der Waals surface area contributed by atoms with E-state index in [1.165, 1.54) is 12.1 Å². The highest BCUT2D eigenvalue weighted by molar-refractivity contribution is 5.78. The van der Waals surface area contributed by atoms with Gasteiger partial charge in [-0.3, -0.25) is 4.79 Å². The molecule has 5 rings (SSSR count). The Morgan fingerprint density at radius 2 is 1.72 bits per heavy atom. The van der Waals surface area contributed by atoms with Crippen LogP contribution in [0.2, 0.25) is 0 Å². The average molecular weight is 493 g/mol. The van der Waals surface area contributed by atoms with E-state index in [1.54, 1.807) is 6.07 Å². The fourth-order valence-corrected chi connectivity index (χ4v) is 4.96. The van der Waals surface area contributed by atoms with Gasteiger partial charge in [0.15, 0.2) is 0 Å². The minimum atomic E-state index is -4.38. The summed E-state index contributed by atoms with van der Waals surface area (Å²) in [6.07, 6.45) is -0.292. The monoisotopic (exact) mass is 492 g/mol. The van der Waals surface area contributed by atoms with Crippen LogP contribution in [0.4, 0.5) is 18.9 Å². The summed E-state index contributed by atoms with van der Waals surface area (Å²) in [4.78, 5) is 21.7. The van der Waals surface area contributed by atoms with Gasteiger partial charge in [0, 0.05) is 56.6 Å². The lowest BCUT2D eigenvalue weighted by atomic mass is 9.89. The van der Waals surface area contributed by atoms with Gasteiger partial charge in [-0.2, -0.15) is 13.2 Å². The first-order chi connectivity index (χ1) is 17.3. The second-order valence-corrected chi connectivity index (χ2v) is 9.14. The van der Waals surface area contributed by atoms with E-state index >= 15 is 0 Å². The summed E-state index contributed by atoms with van der Waals surface area (Å²) < 4.78 is 41.4. The number of hydrogen-bond donors (Lipinski definition) is 0. The number of aryl methyl sites for hydroxylation is 1. The number of fused-ring (bicyclic) bond motifs is 1. The highest BCUT2D eigenvalue weighted by Crippen LogP contribution is 2.33. The molecule has 1 aliphatic heterocycles. The highest BCUT2D eigenvalue weighted by Gasteiger charge is 2.32. The minimum Gasteiger partial charge on any atom is -0.368 e. The lowest BCUT2D eigenvalue weighted by Crippen LogP contribution is -2.49. The zero-order valence-corrected chi connectivity index (χ0v) is 19.9. The van der Waals surface area contributed by atoms with Crippen molar-refractivity contribution in [2.45, 2.75) is 25.4 Å². The van der Waals surface area contributed by atoms with E-state index < -0.39 is 11.7 Å². The number of aromatic nitrogens is 2. The standard InChI is InChI=1S/C28H27F3N4O/c1-20-7-2-3-10-23(20)24(25-19-32-26-11-4-5-12-35(25)26)18-27(36)34-15-13-33(14-16-34)22-9-6-8-21(17-22)28(29,30)31/h2-12,17,19,24H,13-16,18H2,1H3. The maximum absolute atomic E-state index is 13.5. The largest absolute Gasteiger partial charge is 0.416 e. The summed E-state index contributed by atoms with van der Waals surface area (Å²) >= 11 is 0. The molecule has 1 saturated heterocycles. The van der Waals surface area contributed by atoms with Crippen molar-refractivity contribution >= 4 is 17.2 Å². The van der Waals surface area contributed by atoms with Crippen LogP contribution in [0, 0.1) is 6.92 Å². The number of hydrogen-bond acceptors (Lipinski definition) is 3. The Labute approximate surface area is 207 Å². The van der Waals surface area contributed by atoms with Crippen LogP contribution < -0.4 is 4.90 Å². The van der Waals surface area contributed by atoms with Crippen LogP contribution in [-0.4, -0.2) is 46.4 Å². The smallest absolute Gasteiger partial charge is 0.368 e. The Hall–Kier alpha value is -3.81. The molecule has 4 aromatic rings. The van der Waals surface area contributed by atoms with Crippen molar-refractivity contribution in [1.82, 2.24) is 14.3 Å². The molecule has 3 heterocycles. The van der Waals surface area contributed by atoms with Gasteiger partial charge in [0.2, 0.25) is 5.91 Å². The second kappa shape index (κ2) is 9.68. The molecule has 1 unspecified atom stereocenters. The number of benzene rings is 2. The average Bonchev–Trinajstić information content (AvgIpc) is 3.31. The molecule has 0 radical (unpaired) electrons. The first-order valence-electron chi connectivity index (χ1n) is 12.0. The van der Waals surface area contributed by atoms with Gasteiger partial charge in [-0.05, 0) is 48.4 Å². The number of nitrogens with zero attached hydrogens (tertiary/aromatic N) is 4. The van der Waals surface area contributed by atoms with Crippen LogP contribution in [0.15, 0.2) is 79.1 Å². The maximum atomic E-state index is 13.5. The lowest BCUT2D eigenvalue weighted by molar-refractivity contribution is -0.137. The molecule has 2 aromatic heterocycles. The number of rotatable bonds is 5. The Balaban J connectivity index is 1.34. The van der Waals surface area contributed by atoms with Crippen molar-refractivity contribution in [2.75, 3.05) is 31.1 Å². The Kier molecular flexibility index (Phi) is 6.43. The zero-order valence-electron chi connectivity index (χ0n) is 19.9.